The van der Waals surface area contributed by atoms with E-state index in [-0.39, 0.29) is 11.4 Å². The fourth-order valence-electron chi connectivity index (χ4n) is 0.368. The normalized spacial score (nSPS) is 13.9. The van der Waals surface area contributed by atoms with Crippen LogP contribution in [0.15, 0.2) is 0 Å². The number of hydrogen-bond acceptors (Lipinski definition) is 4. The van der Waals surface area contributed by atoms with Crippen LogP contribution in [0, 0.1) is 0 Å². The molecule has 0 aromatic rings. The first-order valence-electron chi connectivity index (χ1n) is 2.84. The van der Waals surface area contributed by atoms with E-state index in [0.29, 0.717) is 6.42 Å². The van der Waals surface area contributed by atoms with Crippen molar-refractivity contribution in [1.29, 1.82) is 0 Å². The predicted octanol–water partition coefficient (Wildman–Crippen LogP) is 0.923. The van der Waals surface area contributed by atoms with E-state index < -0.39 is 10.1 Å². The van der Waals surface area contributed by atoms with Crippen LogP contribution in [0.3, 0.4) is 0 Å². The molecule has 0 aromatic heterocycles. The minimum atomic E-state index is -3.25. The van der Waals surface area contributed by atoms with E-state index in [4.69, 9.17) is 0 Å². The maximum Gasteiger partial charge on any atom is 0.269 e. The molecule has 64 valence electrons. The van der Waals surface area contributed by atoms with Gasteiger partial charge >= 0.3 is 0 Å². The van der Waals surface area contributed by atoms with Crippen LogP contribution in [0.1, 0.15) is 20.3 Å². The second kappa shape index (κ2) is 4.65. The third kappa shape index (κ3) is 3.14. The zero-order valence-electron chi connectivity index (χ0n) is 6.62. The molecular formula is C5H15NO3S. The Labute approximate surface area is 62.3 Å². The summed E-state index contributed by atoms with van der Waals surface area (Å²) in [6, 6.07) is 0. The lowest BCUT2D eigenvalue weighted by Gasteiger charge is -2.05. The van der Waals surface area contributed by atoms with Crippen molar-refractivity contribution in [3.05, 3.63) is 0 Å². The molecule has 0 rings (SSSR count). The molecule has 1 unspecified atom stereocenters. The Kier molecular flexibility index (Phi) is 5.83. The molecule has 0 heterocycles. The van der Waals surface area contributed by atoms with Gasteiger partial charge in [-0.2, -0.15) is 8.42 Å². The maximum absolute atomic E-state index is 10.7. The molecule has 5 heteroatoms. The van der Waals surface area contributed by atoms with Crippen LogP contribution in [-0.2, 0) is 14.3 Å². The van der Waals surface area contributed by atoms with Gasteiger partial charge in [0.05, 0.1) is 12.4 Å². The van der Waals surface area contributed by atoms with Gasteiger partial charge in [-0.05, 0) is 13.3 Å². The highest BCUT2D eigenvalue weighted by Crippen LogP contribution is 2.04. The summed E-state index contributed by atoms with van der Waals surface area (Å²) < 4.78 is 25.7. The summed E-state index contributed by atoms with van der Waals surface area (Å²) in [5, 5.41) is -0.387. The predicted molar refractivity (Wildman–Crippen MR) is 40.7 cm³/mol. The topological polar surface area (TPSA) is 78.4 Å². The highest BCUT2D eigenvalue weighted by molar-refractivity contribution is 7.87. The fraction of sp³-hybridized carbons (Fsp3) is 1.00. The lowest BCUT2D eigenvalue weighted by atomic mass is 10.4. The summed E-state index contributed by atoms with van der Waals surface area (Å²) in [5.74, 6) is 0. The molecule has 0 amide bonds. The third-order valence-corrected chi connectivity index (χ3v) is 3.08. The highest BCUT2D eigenvalue weighted by atomic mass is 32.2. The standard InChI is InChI=1S/C5H12O3S.H3N/c1-4-5(2)9(6,7)8-3;/h5H,4H2,1-3H3;1H3. The Balaban J connectivity index is 0. The Morgan fingerprint density at radius 3 is 2.00 bits per heavy atom. The molecule has 0 aliphatic carbocycles. The summed E-state index contributed by atoms with van der Waals surface area (Å²) >= 11 is 0. The highest BCUT2D eigenvalue weighted by Gasteiger charge is 2.16. The van der Waals surface area contributed by atoms with Crippen molar-refractivity contribution >= 4 is 10.1 Å². The lowest BCUT2D eigenvalue weighted by Crippen LogP contribution is -2.17. The lowest BCUT2D eigenvalue weighted by molar-refractivity contribution is 0.388. The van der Waals surface area contributed by atoms with E-state index in [1.807, 2.05) is 0 Å². The maximum atomic E-state index is 10.7. The van der Waals surface area contributed by atoms with Gasteiger partial charge < -0.3 is 6.15 Å². The molecule has 3 N–H and O–H groups in total. The average molecular weight is 169 g/mol. The first-order valence-corrected chi connectivity index (χ1v) is 4.31. The molecule has 1 atom stereocenters. The van der Waals surface area contributed by atoms with Gasteiger partial charge in [0.2, 0.25) is 0 Å². The van der Waals surface area contributed by atoms with Crippen molar-refractivity contribution in [2.24, 2.45) is 0 Å². The minimum Gasteiger partial charge on any atom is -0.344 e. The van der Waals surface area contributed by atoms with E-state index in [1.54, 1.807) is 13.8 Å². The Morgan fingerprint density at radius 1 is 1.50 bits per heavy atom. The van der Waals surface area contributed by atoms with Crippen LogP contribution in [0.25, 0.3) is 0 Å². The SMILES string of the molecule is CCC(C)S(=O)(=O)OC.N. The smallest absolute Gasteiger partial charge is 0.269 e. The monoisotopic (exact) mass is 169 g/mol. The quantitative estimate of drug-likeness (QED) is 0.637. The van der Waals surface area contributed by atoms with E-state index in [2.05, 4.69) is 4.18 Å². The molecule has 0 saturated heterocycles. The Morgan fingerprint density at radius 2 is 1.90 bits per heavy atom. The minimum absolute atomic E-state index is 0. The molecule has 0 aliphatic heterocycles. The summed E-state index contributed by atoms with van der Waals surface area (Å²) in [5.41, 5.74) is 0. The average Bonchev–Trinajstić information content (AvgIpc) is 1.86. The van der Waals surface area contributed by atoms with Crippen molar-refractivity contribution in [3.63, 3.8) is 0 Å². The van der Waals surface area contributed by atoms with Crippen molar-refractivity contribution in [2.75, 3.05) is 7.11 Å². The van der Waals surface area contributed by atoms with Crippen LogP contribution in [0.2, 0.25) is 0 Å². The first kappa shape index (κ1) is 12.5. The summed E-state index contributed by atoms with van der Waals surface area (Å²) in [7, 11) is -2.07. The van der Waals surface area contributed by atoms with Gasteiger partial charge in [0, 0.05) is 0 Å². The molecule has 0 aliphatic rings. The Hall–Kier alpha value is -0.130. The summed E-state index contributed by atoms with van der Waals surface area (Å²) in [4.78, 5) is 0. The van der Waals surface area contributed by atoms with Crippen LogP contribution >= 0.6 is 0 Å². The van der Waals surface area contributed by atoms with Crippen LogP contribution in [-0.4, -0.2) is 20.8 Å². The van der Waals surface area contributed by atoms with Crippen LogP contribution in [0.4, 0.5) is 0 Å². The van der Waals surface area contributed by atoms with Gasteiger partial charge in [0.1, 0.15) is 0 Å². The molecule has 0 bridgehead atoms. The fourth-order valence-corrected chi connectivity index (χ4v) is 1.11. The van der Waals surface area contributed by atoms with Crippen molar-refractivity contribution in [2.45, 2.75) is 25.5 Å². The largest absolute Gasteiger partial charge is 0.344 e. The van der Waals surface area contributed by atoms with Crippen molar-refractivity contribution < 1.29 is 12.6 Å². The van der Waals surface area contributed by atoms with Crippen molar-refractivity contribution in [3.8, 4) is 0 Å². The van der Waals surface area contributed by atoms with Gasteiger partial charge in [0.15, 0.2) is 0 Å². The van der Waals surface area contributed by atoms with E-state index in [9.17, 15) is 8.42 Å². The van der Waals surface area contributed by atoms with Crippen LogP contribution < -0.4 is 6.15 Å². The summed E-state index contributed by atoms with van der Waals surface area (Å²) in [6.07, 6.45) is 0.593. The Bertz CT molecular complexity index is 164. The zero-order valence-corrected chi connectivity index (χ0v) is 7.44. The van der Waals surface area contributed by atoms with Gasteiger partial charge in [-0.15, -0.1) is 0 Å². The molecule has 0 radical (unpaired) electrons. The van der Waals surface area contributed by atoms with E-state index in [0.717, 1.165) is 0 Å². The van der Waals surface area contributed by atoms with Gasteiger partial charge in [-0.25, -0.2) is 0 Å². The number of rotatable bonds is 3. The molecule has 0 saturated carbocycles. The van der Waals surface area contributed by atoms with Gasteiger partial charge in [-0.3, -0.25) is 4.18 Å². The first-order chi connectivity index (χ1) is 4.04. The van der Waals surface area contributed by atoms with E-state index >= 15 is 0 Å². The molecular weight excluding hydrogens is 154 g/mol. The molecule has 4 nitrogen and oxygen atoms in total. The van der Waals surface area contributed by atoms with Crippen molar-refractivity contribution in [1.82, 2.24) is 6.15 Å². The molecule has 0 spiro atoms. The van der Waals surface area contributed by atoms with Gasteiger partial charge in [-0.1, -0.05) is 6.92 Å². The van der Waals surface area contributed by atoms with Crippen LogP contribution in [0.5, 0.6) is 0 Å². The number of hydrogen-bond donors (Lipinski definition) is 1. The van der Waals surface area contributed by atoms with E-state index in [1.165, 1.54) is 7.11 Å². The second-order valence-corrected chi connectivity index (χ2v) is 4.00. The molecule has 0 fully saturated rings. The molecule has 0 aromatic carbocycles. The third-order valence-electron chi connectivity index (χ3n) is 1.30. The van der Waals surface area contributed by atoms with Gasteiger partial charge in [0.25, 0.3) is 10.1 Å². The summed E-state index contributed by atoms with van der Waals surface area (Å²) in [6.45, 7) is 3.43. The zero-order chi connectivity index (χ0) is 7.49. The molecule has 10 heavy (non-hydrogen) atoms. The second-order valence-electron chi connectivity index (χ2n) is 1.88.